The molecule has 34 heavy (non-hydrogen) atoms. The lowest BCUT2D eigenvalue weighted by Crippen LogP contribution is -2.25. The normalized spacial score (nSPS) is 12.9. The van der Waals surface area contributed by atoms with Gasteiger partial charge in [-0.05, 0) is 35.7 Å². The second-order valence-corrected chi connectivity index (χ2v) is 8.86. The molecule has 0 radical (unpaired) electrons. The van der Waals surface area contributed by atoms with Gasteiger partial charge < -0.3 is 14.8 Å². The van der Waals surface area contributed by atoms with Gasteiger partial charge in [-0.15, -0.1) is 11.3 Å². The molecule has 3 aromatic rings. The van der Waals surface area contributed by atoms with Crippen molar-refractivity contribution in [2.24, 2.45) is 0 Å². The molecule has 4 rings (SSSR count). The lowest BCUT2D eigenvalue weighted by atomic mass is 10.1. The highest BCUT2D eigenvalue weighted by Gasteiger charge is 2.30. The first-order valence-corrected chi connectivity index (χ1v) is 11.7. The van der Waals surface area contributed by atoms with Gasteiger partial charge in [-0.25, -0.2) is 4.98 Å². The number of fused-ring (bicyclic) bond motifs is 1. The first kappa shape index (κ1) is 24.0. The van der Waals surface area contributed by atoms with E-state index in [0.29, 0.717) is 47.4 Å². The van der Waals surface area contributed by atoms with Crippen molar-refractivity contribution in [3.05, 3.63) is 75.2 Å². The second-order valence-electron chi connectivity index (χ2n) is 7.91. The molecular formula is C24H24F3N3O3S. The Kier molecular flexibility index (Phi) is 7.38. The van der Waals surface area contributed by atoms with Crippen LogP contribution in [-0.2, 0) is 25.8 Å². The highest BCUT2D eigenvalue weighted by Crippen LogP contribution is 2.33. The van der Waals surface area contributed by atoms with E-state index in [1.54, 1.807) is 11.4 Å². The van der Waals surface area contributed by atoms with Crippen LogP contribution in [0.15, 0.2) is 47.8 Å². The van der Waals surface area contributed by atoms with Gasteiger partial charge in [0, 0.05) is 25.0 Å². The Balaban J connectivity index is 1.54. The van der Waals surface area contributed by atoms with Crippen LogP contribution in [-0.4, -0.2) is 29.1 Å². The van der Waals surface area contributed by atoms with Crippen LogP contribution in [0.4, 0.5) is 13.2 Å². The van der Waals surface area contributed by atoms with Crippen LogP contribution in [0, 0.1) is 0 Å². The number of ether oxygens (including phenoxy) is 2. The Morgan fingerprint density at radius 1 is 1.09 bits per heavy atom. The lowest BCUT2D eigenvalue weighted by Gasteiger charge is -2.22. The van der Waals surface area contributed by atoms with Crippen LogP contribution in [0.1, 0.15) is 45.5 Å². The standard InChI is InChI=1S/C24H24F3N3O3S/c1-2-8-28-23(31)19-14-34-22(29-19)13-30(11-16-4-3-5-18(9-16)24(25,26)27)12-17-6-7-20-21(10-17)33-15-32-20/h3-7,9-10,14H,2,8,11-13,15H2,1H3,(H,28,31). The maximum atomic E-state index is 13.2. The van der Waals surface area contributed by atoms with Crippen molar-refractivity contribution in [3.63, 3.8) is 0 Å². The van der Waals surface area contributed by atoms with Crippen molar-refractivity contribution in [1.82, 2.24) is 15.2 Å². The predicted molar refractivity (Wildman–Crippen MR) is 122 cm³/mol. The molecule has 1 aliphatic rings. The molecule has 0 spiro atoms. The van der Waals surface area contributed by atoms with E-state index < -0.39 is 11.7 Å². The molecule has 0 bridgehead atoms. The molecule has 1 amide bonds. The van der Waals surface area contributed by atoms with Crippen LogP contribution in [0.25, 0.3) is 0 Å². The Bertz CT molecular complexity index is 1150. The van der Waals surface area contributed by atoms with Gasteiger partial charge in [0.1, 0.15) is 10.7 Å². The zero-order chi connectivity index (χ0) is 24.1. The van der Waals surface area contributed by atoms with Gasteiger partial charge >= 0.3 is 6.18 Å². The average Bonchev–Trinajstić information content (AvgIpc) is 3.46. The third-order valence-electron chi connectivity index (χ3n) is 5.18. The number of hydrogen-bond acceptors (Lipinski definition) is 6. The summed E-state index contributed by atoms with van der Waals surface area (Å²) in [5.41, 5.74) is 1.12. The number of carbonyl (C=O) groups is 1. The summed E-state index contributed by atoms with van der Waals surface area (Å²) in [4.78, 5) is 18.6. The molecule has 0 unspecified atom stereocenters. The molecule has 10 heteroatoms. The van der Waals surface area contributed by atoms with Gasteiger partial charge in [-0.3, -0.25) is 9.69 Å². The summed E-state index contributed by atoms with van der Waals surface area (Å²) in [7, 11) is 0. The fourth-order valence-electron chi connectivity index (χ4n) is 3.58. The molecule has 0 fully saturated rings. The molecule has 2 aromatic carbocycles. The highest BCUT2D eigenvalue weighted by atomic mass is 32.1. The Hall–Kier alpha value is -3.11. The number of nitrogens with one attached hydrogen (secondary N) is 1. The SMILES string of the molecule is CCCNC(=O)c1csc(CN(Cc2cccc(C(F)(F)F)c2)Cc2ccc3c(c2)OCO3)n1. The van der Waals surface area contributed by atoms with Gasteiger partial charge in [0.05, 0.1) is 12.1 Å². The number of aromatic nitrogens is 1. The van der Waals surface area contributed by atoms with Gasteiger partial charge in [0.15, 0.2) is 11.5 Å². The number of hydrogen-bond donors (Lipinski definition) is 1. The number of carbonyl (C=O) groups excluding carboxylic acids is 1. The van der Waals surface area contributed by atoms with Crippen LogP contribution < -0.4 is 14.8 Å². The number of benzene rings is 2. The third-order valence-corrected chi connectivity index (χ3v) is 6.02. The van der Waals surface area contributed by atoms with E-state index in [4.69, 9.17) is 9.47 Å². The maximum Gasteiger partial charge on any atom is 0.416 e. The number of halogens is 3. The third kappa shape index (κ3) is 6.06. The van der Waals surface area contributed by atoms with E-state index in [1.807, 2.05) is 30.0 Å². The molecule has 0 aliphatic carbocycles. The summed E-state index contributed by atoms with van der Waals surface area (Å²) in [6.07, 6.45) is -3.59. The van der Waals surface area contributed by atoms with Crippen molar-refractivity contribution in [3.8, 4) is 11.5 Å². The van der Waals surface area contributed by atoms with Crippen LogP contribution in [0.5, 0.6) is 11.5 Å². The summed E-state index contributed by atoms with van der Waals surface area (Å²) in [6, 6.07) is 10.9. The van der Waals surface area contributed by atoms with Crippen LogP contribution in [0.3, 0.4) is 0 Å². The molecule has 1 aromatic heterocycles. The average molecular weight is 492 g/mol. The van der Waals surface area contributed by atoms with Gasteiger partial charge in [-0.2, -0.15) is 13.2 Å². The largest absolute Gasteiger partial charge is 0.454 e. The van der Waals surface area contributed by atoms with E-state index >= 15 is 0 Å². The monoisotopic (exact) mass is 491 g/mol. The summed E-state index contributed by atoms with van der Waals surface area (Å²) < 4.78 is 50.4. The highest BCUT2D eigenvalue weighted by molar-refractivity contribution is 7.09. The molecule has 2 heterocycles. The van der Waals surface area contributed by atoms with Gasteiger partial charge in [0.2, 0.25) is 6.79 Å². The minimum absolute atomic E-state index is 0.161. The Morgan fingerprint density at radius 3 is 2.62 bits per heavy atom. The van der Waals surface area contributed by atoms with E-state index in [1.165, 1.54) is 17.4 Å². The molecule has 6 nitrogen and oxygen atoms in total. The molecular weight excluding hydrogens is 467 g/mol. The minimum atomic E-state index is -4.41. The van der Waals surface area contributed by atoms with Crippen molar-refractivity contribution < 1.29 is 27.4 Å². The van der Waals surface area contributed by atoms with Crippen molar-refractivity contribution in [2.75, 3.05) is 13.3 Å². The summed E-state index contributed by atoms with van der Waals surface area (Å²) >= 11 is 1.35. The summed E-state index contributed by atoms with van der Waals surface area (Å²) in [5, 5.41) is 5.20. The number of rotatable bonds is 9. The quantitative estimate of drug-likeness (QED) is 0.444. The van der Waals surface area contributed by atoms with E-state index in [0.717, 1.165) is 24.1 Å². The molecule has 0 saturated carbocycles. The summed E-state index contributed by atoms with van der Waals surface area (Å²) in [6.45, 7) is 3.79. The predicted octanol–water partition coefficient (Wildman–Crippen LogP) is 5.23. The number of amides is 1. The molecule has 0 saturated heterocycles. The molecule has 0 atom stereocenters. The first-order valence-electron chi connectivity index (χ1n) is 10.8. The number of alkyl halides is 3. The van der Waals surface area contributed by atoms with Crippen LogP contribution in [0.2, 0.25) is 0 Å². The van der Waals surface area contributed by atoms with Gasteiger partial charge in [0.25, 0.3) is 5.91 Å². The smallest absolute Gasteiger partial charge is 0.416 e. The lowest BCUT2D eigenvalue weighted by molar-refractivity contribution is -0.137. The molecule has 1 N–H and O–H groups in total. The van der Waals surface area contributed by atoms with E-state index in [-0.39, 0.29) is 19.2 Å². The number of nitrogens with zero attached hydrogens (tertiary/aromatic N) is 2. The maximum absolute atomic E-state index is 13.2. The Morgan fingerprint density at radius 2 is 1.85 bits per heavy atom. The zero-order valence-electron chi connectivity index (χ0n) is 18.5. The topological polar surface area (TPSA) is 63.7 Å². The van der Waals surface area contributed by atoms with Crippen molar-refractivity contribution >= 4 is 17.2 Å². The second kappa shape index (κ2) is 10.4. The van der Waals surface area contributed by atoms with Crippen molar-refractivity contribution in [2.45, 2.75) is 39.2 Å². The molecule has 180 valence electrons. The molecule has 1 aliphatic heterocycles. The van der Waals surface area contributed by atoms with E-state index in [2.05, 4.69) is 10.3 Å². The zero-order valence-corrected chi connectivity index (χ0v) is 19.3. The van der Waals surface area contributed by atoms with Crippen molar-refractivity contribution in [1.29, 1.82) is 0 Å². The fraction of sp³-hybridized carbons (Fsp3) is 0.333. The summed E-state index contributed by atoms with van der Waals surface area (Å²) in [5.74, 6) is 1.07. The number of thiazole rings is 1. The van der Waals surface area contributed by atoms with E-state index in [9.17, 15) is 18.0 Å². The minimum Gasteiger partial charge on any atom is -0.454 e. The first-order chi connectivity index (χ1) is 16.3. The Labute approximate surface area is 199 Å². The van der Waals surface area contributed by atoms with Crippen LogP contribution >= 0.6 is 11.3 Å². The van der Waals surface area contributed by atoms with Gasteiger partial charge in [-0.1, -0.05) is 31.2 Å². The fourth-order valence-corrected chi connectivity index (χ4v) is 4.39.